The highest BCUT2D eigenvalue weighted by molar-refractivity contribution is 6.45. The van der Waals surface area contributed by atoms with Crippen molar-refractivity contribution in [3.63, 3.8) is 0 Å². The summed E-state index contributed by atoms with van der Waals surface area (Å²) in [5.41, 5.74) is 1.43. The van der Waals surface area contributed by atoms with Crippen LogP contribution in [0.15, 0.2) is 0 Å². The predicted molar refractivity (Wildman–Crippen MR) is 78.0 cm³/mol. The molecule has 0 aromatic carbocycles. The average Bonchev–Trinajstić information content (AvgIpc) is 2.83. The molecule has 0 N–H and O–H groups in total. The normalized spacial score (nSPS) is 22.2. The predicted octanol–water partition coefficient (Wildman–Crippen LogP) is 3.14. The zero-order valence-electron chi connectivity index (χ0n) is 12.9. The molecule has 4 heteroatoms. The van der Waals surface area contributed by atoms with Crippen molar-refractivity contribution in [3.8, 4) is 0 Å². The third kappa shape index (κ3) is 2.21. The number of imidazole rings is 1. The number of fused-ring (bicyclic) bond motifs is 1. The Bertz CT molecular complexity index is 531. The molecule has 0 saturated carbocycles. The van der Waals surface area contributed by atoms with Gasteiger partial charge < -0.3 is 4.57 Å². The van der Waals surface area contributed by atoms with Crippen molar-refractivity contribution in [3.05, 3.63) is 17.2 Å². The van der Waals surface area contributed by atoms with Crippen molar-refractivity contribution in [2.45, 2.75) is 65.8 Å². The smallest absolute Gasteiger partial charge is 0.247 e. The Kier molecular flexibility index (Phi) is 4.41. The number of nitrogens with zero attached hydrogens (tertiary/aromatic N) is 2. The van der Waals surface area contributed by atoms with Crippen LogP contribution < -0.4 is 0 Å². The van der Waals surface area contributed by atoms with Crippen LogP contribution in [-0.4, -0.2) is 21.1 Å². The van der Waals surface area contributed by atoms with E-state index in [1.807, 2.05) is 25.3 Å². The fourth-order valence-corrected chi connectivity index (χ4v) is 3.18. The number of carbonyl (C=O) groups excluding carboxylic acids is 2. The summed E-state index contributed by atoms with van der Waals surface area (Å²) < 4.78 is 1.93. The molecule has 2 rings (SSSR count). The molecule has 1 aliphatic rings. The second kappa shape index (κ2) is 5.90. The number of hydrogen-bond donors (Lipinski definition) is 0. The summed E-state index contributed by atoms with van der Waals surface area (Å²) >= 11 is 0. The van der Waals surface area contributed by atoms with Crippen LogP contribution in [0.25, 0.3) is 0 Å². The Morgan fingerprint density at radius 2 is 1.90 bits per heavy atom. The maximum Gasteiger partial charge on any atom is 0.247 e. The van der Waals surface area contributed by atoms with Crippen LogP contribution in [0, 0.1) is 5.92 Å². The highest BCUT2D eigenvalue weighted by Crippen LogP contribution is 2.37. The van der Waals surface area contributed by atoms with E-state index in [-0.39, 0.29) is 23.4 Å². The molecule has 0 aliphatic heterocycles. The minimum absolute atomic E-state index is 0.105. The van der Waals surface area contributed by atoms with Gasteiger partial charge in [-0.05, 0) is 13.3 Å². The van der Waals surface area contributed by atoms with E-state index < -0.39 is 0 Å². The highest BCUT2D eigenvalue weighted by atomic mass is 16.2. The molecule has 1 aliphatic carbocycles. The van der Waals surface area contributed by atoms with E-state index in [0.29, 0.717) is 12.2 Å². The van der Waals surface area contributed by atoms with Crippen LogP contribution in [0.4, 0.5) is 0 Å². The summed E-state index contributed by atoms with van der Waals surface area (Å²) in [5, 5.41) is 0. The van der Waals surface area contributed by atoms with Gasteiger partial charge in [0.2, 0.25) is 11.6 Å². The molecule has 0 spiro atoms. The quantitative estimate of drug-likeness (QED) is 0.776. The standard InChI is InChI=1S/C16H24N2O2/c1-5-8-9-11-10(4)15(19)16(20)14-13(11)17-12(6-2)18(14)7-3/h10-11H,5-9H2,1-4H3. The Morgan fingerprint density at radius 1 is 1.20 bits per heavy atom. The van der Waals surface area contributed by atoms with Crippen LogP contribution in [0.3, 0.4) is 0 Å². The van der Waals surface area contributed by atoms with Gasteiger partial charge in [0.1, 0.15) is 11.5 Å². The molecule has 2 unspecified atom stereocenters. The van der Waals surface area contributed by atoms with Gasteiger partial charge in [-0.2, -0.15) is 0 Å². The van der Waals surface area contributed by atoms with E-state index in [2.05, 4.69) is 6.92 Å². The van der Waals surface area contributed by atoms with Gasteiger partial charge >= 0.3 is 0 Å². The van der Waals surface area contributed by atoms with Gasteiger partial charge in [0.05, 0.1) is 5.69 Å². The fourth-order valence-electron chi connectivity index (χ4n) is 3.18. The lowest BCUT2D eigenvalue weighted by atomic mass is 9.77. The van der Waals surface area contributed by atoms with Crippen LogP contribution >= 0.6 is 0 Å². The van der Waals surface area contributed by atoms with Crippen LogP contribution in [0.2, 0.25) is 0 Å². The van der Waals surface area contributed by atoms with Gasteiger partial charge in [-0.1, -0.05) is 33.6 Å². The van der Waals surface area contributed by atoms with Gasteiger partial charge in [-0.15, -0.1) is 0 Å². The molecule has 20 heavy (non-hydrogen) atoms. The van der Waals surface area contributed by atoms with E-state index in [9.17, 15) is 9.59 Å². The Labute approximate surface area is 120 Å². The molecule has 0 amide bonds. The minimum atomic E-state index is -0.339. The lowest BCUT2D eigenvalue weighted by molar-refractivity contribution is -0.119. The third-order valence-electron chi connectivity index (χ3n) is 4.38. The molecule has 0 bridgehead atoms. The van der Waals surface area contributed by atoms with Crippen molar-refractivity contribution >= 4 is 11.6 Å². The molecule has 0 radical (unpaired) electrons. The number of aromatic nitrogens is 2. The van der Waals surface area contributed by atoms with E-state index in [1.165, 1.54) is 0 Å². The number of rotatable bonds is 5. The fraction of sp³-hybridized carbons (Fsp3) is 0.688. The summed E-state index contributed by atoms with van der Waals surface area (Å²) in [4.78, 5) is 29.3. The van der Waals surface area contributed by atoms with Gasteiger partial charge in [0.15, 0.2) is 0 Å². The van der Waals surface area contributed by atoms with E-state index in [0.717, 1.165) is 37.2 Å². The highest BCUT2D eigenvalue weighted by Gasteiger charge is 2.42. The molecule has 1 heterocycles. The van der Waals surface area contributed by atoms with Crippen molar-refractivity contribution in [1.29, 1.82) is 0 Å². The van der Waals surface area contributed by atoms with Crippen molar-refractivity contribution in [2.24, 2.45) is 5.92 Å². The van der Waals surface area contributed by atoms with Gasteiger partial charge in [-0.25, -0.2) is 4.98 Å². The second-order valence-electron chi connectivity index (χ2n) is 5.59. The molecule has 1 aromatic rings. The first-order chi connectivity index (χ1) is 9.56. The lowest BCUT2D eigenvalue weighted by Gasteiger charge is -2.26. The molecule has 2 atom stereocenters. The Balaban J connectivity index is 2.55. The van der Waals surface area contributed by atoms with Gasteiger partial charge in [0, 0.05) is 24.8 Å². The first-order valence-electron chi connectivity index (χ1n) is 7.74. The number of hydrogen-bond acceptors (Lipinski definition) is 3. The zero-order valence-corrected chi connectivity index (χ0v) is 12.9. The van der Waals surface area contributed by atoms with Crippen molar-refractivity contribution < 1.29 is 9.59 Å². The summed E-state index contributed by atoms with van der Waals surface area (Å²) in [6.45, 7) is 8.75. The first kappa shape index (κ1) is 14.9. The molecule has 0 saturated heterocycles. The number of unbranched alkanes of at least 4 members (excludes halogenated alkanes) is 1. The largest absolute Gasteiger partial charge is 0.325 e. The molecule has 0 fully saturated rings. The topological polar surface area (TPSA) is 52.0 Å². The SMILES string of the molecule is CCCCC1c2nc(CC)n(CC)c2C(=O)C(=O)C1C. The van der Waals surface area contributed by atoms with Crippen LogP contribution in [-0.2, 0) is 17.8 Å². The van der Waals surface area contributed by atoms with Gasteiger partial charge in [0.25, 0.3) is 0 Å². The summed E-state index contributed by atoms with van der Waals surface area (Å²) in [6.07, 6.45) is 3.89. The average molecular weight is 276 g/mol. The molecule has 1 aromatic heterocycles. The van der Waals surface area contributed by atoms with Crippen LogP contribution in [0.1, 0.15) is 74.9 Å². The van der Waals surface area contributed by atoms with Crippen LogP contribution in [0.5, 0.6) is 0 Å². The number of carbonyl (C=O) groups is 2. The van der Waals surface area contributed by atoms with Crippen molar-refractivity contribution in [2.75, 3.05) is 0 Å². The Hall–Kier alpha value is -1.45. The molecule has 110 valence electrons. The molecular weight excluding hydrogens is 252 g/mol. The number of Topliss-reactive ketones (excluding diaryl/α,β-unsaturated/α-hetero) is 2. The monoisotopic (exact) mass is 276 g/mol. The zero-order chi connectivity index (χ0) is 14.9. The van der Waals surface area contributed by atoms with Gasteiger partial charge in [-0.3, -0.25) is 9.59 Å². The summed E-state index contributed by atoms with van der Waals surface area (Å²) in [6, 6.07) is 0. The maximum atomic E-state index is 12.3. The minimum Gasteiger partial charge on any atom is -0.325 e. The summed E-state index contributed by atoms with van der Waals surface area (Å²) in [7, 11) is 0. The number of aryl methyl sites for hydroxylation is 1. The molecule has 4 nitrogen and oxygen atoms in total. The second-order valence-corrected chi connectivity index (χ2v) is 5.59. The first-order valence-corrected chi connectivity index (χ1v) is 7.74. The van der Waals surface area contributed by atoms with E-state index in [4.69, 9.17) is 4.98 Å². The third-order valence-corrected chi connectivity index (χ3v) is 4.38. The summed E-state index contributed by atoms with van der Waals surface area (Å²) in [5.74, 6) is 0.221. The lowest BCUT2D eigenvalue weighted by Crippen LogP contribution is -2.35. The van der Waals surface area contributed by atoms with Crippen molar-refractivity contribution in [1.82, 2.24) is 9.55 Å². The number of ketones is 2. The maximum absolute atomic E-state index is 12.3. The Morgan fingerprint density at radius 3 is 2.45 bits per heavy atom. The van der Waals surface area contributed by atoms with E-state index >= 15 is 0 Å². The van der Waals surface area contributed by atoms with E-state index in [1.54, 1.807) is 0 Å². The molecular formula is C16H24N2O2.